The highest BCUT2D eigenvalue weighted by molar-refractivity contribution is 6.01. The molecule has 3 aromatic heterocycles. The predicted molar refractivity (Wildman–Crippen MR) is 130 cm³/mol. The molecule has 6 rings (SSSR count). The van der Waals surface area contributed by atoms with E-state index in [-0.39, 0.29) is 5.91 Å². The number of imidazole rings is 1. The van der Waals surface area contributed by atoms with Crippen LogP contribution in [0.5, 0.6) is 0 Å². The fourth-order valence-corrected chi connectivity index (χ4v) is 4.89. The molecule has 2 aromatic carbocycles. The molecule has 0 atom stereocenters. The number of anilines is 1. The molecule has 2 N–H and O–H groups in total. The van der Waals surface area contributed by atoms with Gasteiger partial charge in [0.1, 0.15) is 17.2 Å². The summed E-state index contributed by atoms with van der Waals surface area (Å²) in [6, 6.07) is 15.9. The van der Waals surface area contributed by atoms with Crippen molar-refractivity contribution in [3.05, 3.63) is 48.5 Å². The van der Waals surface area contributed by atoms with E-state index in [2.05, 4.69) is 10.6 Å². The standard InChI is InChI=1S/C25H25N7O/c1-30-19-11-5-4-10-18(19)29-24(30)21-22-25(28-17-9-3-2-8-16(17)27-22)32(23(21)26)15-7-14-31-13-6-12-20(31)33/h2-5,8-11H,6-7,12-15,26H2,1H3. The van der Waals surface area contributed by atoms with Gasteiger partial charge in [-0.3, -0.25) is 4.79 Å². The van der Waals surface area contributed by atoms with E-state index in [0.29, 0.717) is 18.8 Å². The van der Waals surface area contributed by atoms with Gasteiger partial charge in [0.05, 0.1) is 27.6 Å². The van der Waals surface area contributed by atoms with Gasteiger partial charge in [-0.25, -0.2) is 15.0 Å². The van der Waals surface area contributed by atoms with Gasteiger partial charge in [0.15, 0.2) is 5.65 Å². The van der Waals surface area contributed by atoms with Crippen LogP contribution in [-0.4, -0.2) is 48.0 Å². The number of fused-ring (bicyclic) bond motifs is 3. The van der Waals surface area contributed by atoms with Crippen LogP contribution in [0.4, 0.5) is 5.82 Å². The molecule has 0 bridgehead atoms. The van der Waals surface area contributed by atoms with Crippen molar-refractivity contribution in [3.63, 3.8) is 0 Å². The van der Waals surface area contributed by atoms with Crippen molar-refractivity contribution < 1.29 is 4.79 Å². The monoisotopic (exact) mass is 439 g/mol. The molecular weight excluding hydrogens is 414 g/mol. The Kier molecular flexibility index (Phi) is 4.53. The number of rotatable bonds is 5. The Hall–Kier alpha value is -3.94. The Balaban J connectivity index is 1.50. The Morgan fingerprint density at radius 3 is 2.39 bits per heavy atom. The summed E-state index contributed by atoms with van der Waals surface area (Å²) < 4.78 is 4.09. The summed E-state index contributed by atoms with van der Waals surface area (Å²) in [5.41, 5.74) is 12.7. The number of nitrogens with zero attached hydrogens (tertiary/aromatic N) is 6. The summed E-state index contributed by atoms with van der Waals surface area (Å²) in [6.07, 6.45) is 2.40. The first-order valence-corrected chi connectivity index (χ1v) is 11.4. The first-order valence-electron chi connectivity index (χ1n) is 11.4. The van der Waals surface area contributed by atoms with Crippen molar-refractivity contribution in [1.82, 2.24) is 29.0 Å². The van der Waals surface area contributed by atoms with Crippen molar-refractivity contribution in [3.8, 4) is 11.4 Å². The zero-order valence-corrected chi connectivity index (χ0v) is 18.5. The number of aryl methyl sites for hydroxylation is 2. The van der Waals surface area contributed by atoms with Gasteiger partial charge in [0.2, 0.25) is 5.91 Å². The second kappa shape index (κ2) is 7.58. The second-order valence-electron chi connectivity index (χ2n) is 8.62. The van der Waals surface area contributed by atoms with Crippen LogP contribution >= 0.6 is 0 Å². The molecule has 0 saturated carbocycles. The lowest BCUT2D eigenvalue weighted by atomic mass is 10.2. The maximum absolute atomic E-state index is 12.0. The van der Waals surface area contributed by atoms with Crippen LogP contribution in [0.25, 0.3) is 44.6 Å². The zero-order valence-electron chi connectivity index (χ0n) is 18.5. The van der Waals surface area contributed by atoms with E-state index in [4.69, 9.17) is 20.7 Å². The summed E-state index contributed by atoms with van der Waals surface area (Å²) in [6.45, 7) is 2.22. The SMILES string of the molecule is Cn1c(-c2c(N)n(CCCN3CCCC3=O)c3nc4ccccc4nc23)nc2ccccc21. The zero-order chi connectivity index (χ0) is 22.5. The van der Waals surface area contributed by atoms with E-state index < -0.39 is 0 Å². The molecule has 33 heavy (non-hydrogen) atoms. The predicted octanol–water partition coefficient (Wildman–Crippen LogP) is 3.73. The molecule has 1 aliphatic rings. The highest BCUT2D eigenvalue weighted by Gasteiger charge is 2.24. The minimum atomic E-state index is 0.242. The molecule has 0 radical (unpaired) electrons. The summed E-state index contributed by atoms with van der Waals surface area (Å²) in [4.78, 5) is 28.7. The number of likely N-dealkylation sites (tertiary alicyclic amines) is 1. The van der Waals surface area contributed by atoms with E-state index in [1.54, 1.807) is 0 Å². The maximum atomic E-state index is 12.0. The van der Waals surface area contributed by atoms with Gasteiger partial charge in [-0.1, -0.05) is 24.3 Å². The highest BCUT2D eigenvalue weighted by Crippen LogP contribution is 2.37. The lowest BCUT2D eigenvalue weighted by Gasteiger charge is -2.16. The minimum absolute atomic E-state index is 0.242. The Labute approximate surface area is 190 Å². The normalized spacial score (nSPS) is 14.3. The third-order valence-corrected chi connectivity index (χ3v) is 6.58. The van der Waals surface area contributed by atoms with Gasteiger partial charge in [-0.05, 0) is 37.1 Å². The highest BCUT2D eigenvalue weighted by atomic mass is 16.2. The molecule has 1 aliphatic heterocycles. The fourth-order valence-electron chi connectivity index (χ4n) is 4.89. The number of carbonyl (C=O) groups excluding carboxylic acids is 1. The topological polar surface area (TPSA) is 94.9 Å². The van der Waals surface area contributed by atoms with Crippen LogP contribution in [0.15, 0.2) is 48.5 Å². The molecule has 8 heteroatoms. The Morgan fingerprint density at radius 2 is 1.67 bits per heavy atom. The number of nitrogen functional groups attached to an aromatic ring is 1. The van der Waals surface area contributed by atoms with Crippen molar-refractivity contribution in [2.24, 2.45) is 7.05 Å². The number of aromatic nitrogens is 5. The molecule has 8 nitrogen and oxygen atoms in total. The molecule has 4 heterocycles. The number of carbonyl (C=O) groups is 1. The first kappa shape index (κ1) is 19.7. The van der Waals surface area contributed by atoms with E-state index in [1.165, 1.54) is 0 Å². The third kappa shape index (κ3) is 3.13. The average molecular weight is 440 g/mol. The lowest BCUT2D eigenvalue weighted by Crippen LogP contribution is -2.26. The number of benzene rings is 2. The fraction of sp³-hybridized carbons (Fsp3) is 0.280. The number of hydrogen-bond acceptors (Lipinski definition) is 5. The van der Waals surface area contributed by atoms with Gasteiger partial charge in [0.25, 0.3) is 0 Å². The molecule has 1 amide bonds. The largest absolute Gasteiger partial charge is 0.384 e. The van der Waals surface area contributed by atoms with Crippen LogP contribution in [0.2, 0.25) is 0 Å². The van der Waals surface area contributed by atoms with Crippen LogP contribution < -0.4 is 5.73 Å². The van der Waals surface area contributed by atoms with Crippen LogP contribution in [0.3, 0.4) is 0 Å². The quantitative estimate of drug-likeness (QED) is 0.450. The van der Waals surface area contributed by atoms with Gasteiger partial charge >= 0.3 is 0 Å². The van der Waals surface area contributed by atoms with E-state index in [0.717, 1.165) is 70.5 Å². The molecule has 0 spiro atoms. The lowest BCUT2D eigenvalue weighted by molar-refractivity contribution is -0.127. The number of hydrogen-bond donors (Lipinski definition) is 1. The first-order chi connectivity index (χ1) is 16.1. The minimum Gasteiger partial charge on any atom is -0.384 e. The van der Waals surface area contributed by atoms with E-state index in [9.17, 15) is 4.79 Å². The summed E-state index contributed by atoms with van der Waals surface area (Å²) >= 11 is 0. The van der Waals surface area contributed by atoms with Gasteiger partial charge < -0.3 is 19.8 Å². The van der Waals surface area contributed by atoms with Crippen LogP contribution in [-0.2, 0) is 18.4 Å². The van der Waals surface area contributed by atoms with Gasteiger partial charge in [-0.2, -0.15) is 0 Å². The average Bonchev–Trinajstić information content (AvgIpc) is 3.47. The van der Waals surface area contributed by atoms with Crippen LogP contribution in [0.1, 0.15) is 19.3 Å². The molecule has 1 fully saturated rings. The number of amides is 1. The smallest absolute Gasteiger partial charge is 0.222 e. The second-order valence-corrected chi connectivity index (χ2v) is 8.62. The number of nitrogens with two attached hydrogens (primary N) is 1. The number of para-hydroxylation sites is 4. The summed E-state index contributed by atoms with van der Waals surface area (Å²) in [7, 11) is 2.00. The maximum Gasteiger partial charge on any atom is 0.222 e. The summed E-state index contributed by atoms with van der Waals surface area (Å²) in [5, 5.41) is 0. The molecule has 1 saturated heterocycles. The van der Waals surface area contributed by atoms with Crippen molar-refractivity contribution in [2.45, 2.75) is 25.8 Å². The third-order valence-electron chi connectivity index (χ3n) is 6.58. The molecule has 5 aromatic rings. The molecular formula is C25H25N7O. The van der Waals surface area contributed by atoms with Crippen molar-refractivity contribution >= 4 is 45.0 Å². The Bertz CT molecular complexity index is 1530. The van der Waals surface area contributed by atoms with Crippen LogP contribution in [0, 0.1) is 0 Å². The van der Waals surface area contributed by atoms with Crippen molar-refractivity contribution in [2.75, 3.05) is 18.8 Å². The Morgan fingerprint density at radius 1 is 0.939 bits per heavy atom. The van der Waals surface area contributed by atoms with Crippen molar-refractivity contribution in [1.29, 1.82) is 0 Å². The molecule has 166 valence electrons. The summed E-state index contributed by atoms with van der Waals surface area (Å²) in [5.74, 6) is 1.62. The molecule has 0 aliphatic carbocycles. The van der Waals surface area contributed by atoms with Gasteiger partial charge in [-0.15, -0.1) is 0 Å². The van der Waals surface area contributed by atoms with Gasteiger partial charge in [0, 0.05) is 33.1 Å². The molecule has 0 unspecified atom stereocenters. The van der Waals surface area contributed by atoms with E-state index in [1.807, 2.05) is 59.0 Å². The van der Waals surface area contributed by atoms with E-state index >= 15 is 0 Å².